The van der Waals surface area contributed by atoms with Gasteiger partial charge < -0.3 is 4.98 Å². The number of aromatic nitrogens is 1. The number of fused-ring (bicyclic) bond motifs is 5. The van der Waals surface area contributed by atoms with Gasteiger partial charge in [0.05, 0.1) is 10.6 Å². The van der Waals surface area contributed by atoms with Crippen molar-refractivity contribution in [3.8, 4) is 0 Å². The van der Waals surface area contributed by atoms with Crippen molar-refractivity contribution >= 4 is 27.0 Å². The Morgan fingerprint density at radius 1 is 1.00 bits per heavy atom. The molecule has 0 saturated carbocycles. The molecular weight excluding hydrogens is 446 g/mol. The second-order valence-electron chi connectivity index (χ2n) is 8.00. The van der Waals surface area contributed by atoms with E-state index in [0.29, 0.717) is 11.3 Å². The average molecular weight is 463 g/mol. The Bertz CT molecular complexity index is 1500. The van der Waals surface area contributed by atoms with E-state index in [1.165, 1.54) is 29.3 Å². The van der Waals surface area contributed by atoms with Crippen LogP contribution in [0.5, 0.6) is 0 Å². The minimum atomic E-state index is -4.38. The summed E-state index contributed by atoms with van der Waals surface area (Å²) in [6.07, 6.45) is 0. The number of aromatic amines is 1. The van der Waals surface area contributed by atoms with Gasteiger partial charge in [0, 0.05) is 41.1 Å². The van der Waals surface area contributed by atoms with Crippen LogP contribution in [0.25, 0.3) is 10.9 Å². The van der Waals surface area contributed by atoms with E-state index in [0.717, 1.165) is 22.0 Å². The van der Waals surface area contributed by atoms with Gasteiger partial charge in [-0.3, -0.25) is 10.1 Å². The molecule has 2 aliphatic heterocycles. The van der Waals surface area contributed by atoms with Crippen molar-refractivity contribution in [2.45, 2.75) is 11.6 Å². The van der Waals surface area contributed by atoms with Gasteiger partial charge >= 0.3 is 10.4 Å². The number of H-pyrrole nitrogens is 1. The highest BCUT2D eigenvalue weighted by molar-refractivity contribution is 7.82. The van der Waals surface area contributed by atoms with E-state index >= 15 is 0 Å². The van der Waals surface area contributed by atoms with Crippen molar-refractivity contribution < 1.29 is 21.8 Å². The maximum absolute atomic E-state index is 12.6. The summed E-state index contributed by atoms with van der Waals surface area (Å²) >= 11 is 0. The Kier molecular flexibility index (Phi) is 4.23. The van der Waals surface area contributed by atoms with Crippen molar-refractivity contribution in [3.05, 3.63) is 111 Å². The van der Waals surface area contributed by atoms with Gasteiger partial charge in [0.25, 0.3) is 5.69 Å². The van der Waals surface area contributed by atoms with Gasteiger partial charge in [0.2, 0.25) is 5.72 Å². The molecule has 6 rings (SSSR count). The lowest BCUT2D eigenvalue weighted by molar-refractivity contribution is -0.384. The molecule has 0 spiro atoms. The van der Waals surface area contributed by atoms with Gasteiger partial charge in [-0.05, 0) is 29.3 Å². The van der Waals surface area contributed by atoms with Crippen LogP contribution in [0, 0.1) is 10.1 Å². The molecule has 1 aromatic heterocycles. The second kappa shape index (κ2) is 6.96. The van der Waals surface area contributed by atoms with Gasteiger partial charge in [-0.2, -0.15) is 12.7 Å². The van der Waals surface area contributed by atoms with Crippen LogP contribution in [0.1, 0.15) is 28.3 Å². The Hall–Kier alpha value is -3.57. The molecular formula is C23H17N3O6S. The number of hydroxylamine groups is 2. The molecule has 4 aromatic rings. The van der Waals surface area contributed by atoms with E-state index in [1.54, 1.807) is 0 Å². The quantitative estimate of drug-likeness (QED) is 0.362. The Morgan fingerprint density at radius 2 is 1.70 bits per heavy atom. The predicted octanol–water partition coefficient (Wildman–Crippen LogP) is 3.93. The van der Waals surface area contributed by atoms with Crippen LogP contribution in [-0.2, 0) is 24.6 Å². The van der Waals surface area contributed by atoms with Crippen molar-refractivity contribution in [2.24, 2.45) is 0 Å². The third-order valence-electron chi connectivity index (χ3n) is 6.21. The fraction of sp³-hybridized carbons (Fsp3) is 0.130. The number of rotatable bonds is 3. The number of nitrogens with zero attached hydrogens (tertiary/aromatic N) is 2. The zero-order valence-electron chi connectivity index (χ0n) is 17.0. The van der Waals surface area contributed by atoms with Gasteiger partial charge in [0.1, 0.15) is 0 Å². The molecule has 9 nitrogen and oxygen atoms in total. The molecule has 10 heteroatoms. The van der Waals surface area contributed by atoms with Gasteiger partial charge in [-0.15, -0.1) is 5.06 Å². The molecule has 166 valence electrons. The predicted molar refractivity (Wildman–Crippen MR) is 118 cm³/mol. The maximum Gasteiger partial charge on any atom is 0.419 e. The summed E-state index contributed by atoms with van der Waals surface area (Å²) in [5, 5.41) is 13.4. The van der Waals surface area contributed by atoms with E-state index in [4.69, 9.17) is 8.47 Å². The highest BCUT2D eigenvalue weighted by Gasteiger charge is 2.60. The van der Waals surface area contributed by atoms with Crippen molar-refractivity contribution in [1.82, 2.24) is 10.0 Å². The first-order valence-corrected chi connectivity index (χ1v) is 11.6. The monoisotopic (exact) mass is 463 g/mol. The normalized spacial score (nSPS) is 23.8. The van der Waals surface area contributed by atoms with Crippen LogP contribution in [0.4, 0.5) is 5.69 Å². The van der Waals surface area contributed by atoms with Crippen LogP contribution in [0.3, 0.4) is 0 Å². The molecule has 0 radical (unpaired) electrons. The Labute approximate surface area is 188 Å². The lowest BCUT2D eigenvalue weighted by Crippen LogP contribution is -2.49. The van der Waals surface area contributed by atoms with E-state index < -0.39 is 21.0 Å². The topological polar surface area (TPSA) is 115 Å². The smallest absolute Gasteiger partial charge is 0.354 e. The second-order valence-corrected chi connectivity index (χ2v) is 9.13. The van der Waals surface area contributed by atoms with Gasteiger partial charge in [-0.1, -0.05) is 48.5 Å². The van der Waals surface area contributed by atoms with E-state index in [2.05, 4.69) is 4.98 Å². The number of nitrogens with one attached hydrogen (secondary N) is 1. The molecule has 2 unspecified atom stereocenters. The summed E-state index contributed by atoms with van der Waals surface area (Å²) in [5.74, 6) is -0.208. The van der Waals surface area contributed by atoms with Gasteiger partial charge in [-0.25, -0.2) is 4.18 Å². The van der Waals surface area contributed by atoms with Gasteiger partial charge in [0.15, 0.2) is 0 Å². The van der Waals surface area contributed by atoms with Crippen LogP contribution in [0.15, 0.2) is 78.9 Å². The molecule has 2 atom stereocenters. The zero-order valence-corrected chi connectivity index (χ0v) is 17.9. The molecule has 0 amide bonds. The number of non-ortho nitro benzene ring substituents is 1. The Balaban J connectivity index is 1.66. The van der Waals surface area contributed by atoms with Crippen molar-refractivity contribution in [3.63, 3.8) is 0 Å². The lowest BCUT2D eigenvalue weighted by atomic mass is 9.81. The number of para-hydroxylation sites is 1. The number of benzene rings is 3. The molecule has 2 aliphatic rings. The number of hydrogen-bond acceptors (Lipinski definition) is 7. The number of nitro benzene ring substituents is 1. The first-order valence-electron chi connectivity index (χ1n) is 10.2. The van der Waals surface area contributed by atoms with E-state index in [9.17, 15) is 18.5 Å². The van der Waals surface area contributed by atoms with Crippen LogP contribution in [-0.4, -0.2) is 29.9 Å². The average Bonchev–Trinajstić information content (AvgIpc) is 3.34. The fourth-order valence-electron chi connectivity index (χ4n) is 4.85. The maximum atomic E-state index is 12.6. The third kappa shape index (κ3) is 2.92. The molecule has 33 heavy (non-hydrogen) atoms. The summed E-state index contributed by atoms with van der Waals surface area (Å²) in [5.41, 5.74) is 1.86. The minimum absolute atomic E-state index is 0.113. The minimum Gasteiger partial charge on any atom is -0.354 e. The number of nitro groups is 1. The summed E-state index contributed by atoms with van der Waals surface area (Å²) in [6, 6.07) is 23.1. The number of hydrogen-bond donors (Lipinski definition) is 1. The molecule has 3 heterocycles. The Morgan fingerprint density at radius 3 is 2.42 bits per heavy atom. The molecule has 3 aromatic carbocycles. The first-order chi connectivity index (χ1) is 15.9. The summed E-state index contributed by atoms with van der Waals surface area (Å²) < 4.78 is 36.2. The van der Waals surface area contributed by atoms with Crippen molar-refractivity contribution in [2.75, 3.05) is 6.54 Å². The van der Waals surface area contributed by atoms with Crippen LogP contribution < -0.4 is 0 Å². The third-order valence-corrected chi connectivity index (χ3v) is 7.02. The molecule has 1 N–H and O–H groups in total. The van der Waals surface area contributed by atoms with E-state index in [-0.39, 0.29) is 18.2 Å². The fourth-order valence-corrected chi connectivity index (χ4v) is 5.82. The van der Waals surface area contributed by atoms with Crippen molar-refractivity contribution in [1.29, 1.82) is 0 Å². The molecule has 0 bridgehead atoms. The lowest BCUT2D eigenvalue weighted by Gasteiger charge is -2.40. The largest absolute Gasteiger partial charge is 0.419 e. The first kappa shape index (κ1) is 20.1. The highest BCUT2D eigenvalue weighted by atomic mass is 32.3. The summed E-state index contributed by atoms with van der Waals surface area (Å²) in [6.45, 7) is 0.190. The summed E-state index contributed by atoms with van der Waals surface area (Å²) in [4.78, 5) is 14.0. The van der Waals surface area contributed by atoms with Crippen LogP contribution in [0.2, 0.25) is 0 Å². The molecule has 1 saturated heterocycles. The SMILES string of the molecule is O=[N+]([O-])c1ccc(C23OS(=O)(=O)ON2CC(c2ccccc2)c2c3[nH]c3ccccc23)cc1. The van der Waals surface area contributed by atoms with Crippen LogP contribution >= 0.6 is 0 Å². The standard InChI is InChI=1S/C23H17N3O6S/c27-26(28)17-12-10-16(11-13-17)23-22-21(18-8-4-5-9-20(18)24-22)19(15-6-2-1-3-7-15)14-25(23)32-33(29,30)31-23/h1-13,19,24H,14H2. The summed E-state index contributed by atoms with van der Waals surface area (Å²) in [7, 11) is -4.38. The molecule has 1 fully saturated rings. The highest BCUT2D eigenvalue weighted by Crippen LogP contribution is 2.53. The zero-order chi connectivity index (χ0) is 22.8. The molecule has 0 aliphatic carbocycles. The van der Waals surface area contributed by atoms with E-state index in [1.807, 2.05) is 54.6 Å².